The van der Waals surface area contributed by atoms with Crippen LogP contribution in [0.25, 0.3) is 11.1 Å². The van der Waals surface area contributed by atoms with Crippen LogP contribution in [0, 0.1) is 0 Å². The van der Waals surface area contributed by atoms with Crippen molar-refractivity contribution in [1.29, 1.82) is 0 Å². The molecule has 0 saturated heterocycles. The molecule has 0 saturated carbocycles. The van der Waals surface area contributed by atoms with Crippen molar-refractivity contribution in [2.45, 2.75) is 6.42 Å². The van der Waals surface area contributed by atoms with Crippen molar-refractivity contribution in [1.82, 2.24) is 0 Å². The summed E-state index contributed by atoms with van der Waals surface area (Å²) in [6, 6.07) is 21.1. The first-order valence-corrected chi connectivity index (χ1v) is 8.26. The Balaban J connectivity index is 1.97. The number of benzene rings is 3. The molecule has 3 rings (SSSR count). The molecule has 126 valence electrons. The molecular formula is C21H18ClNO2. The molecule has 0 fully saturated rings. The molecule has 1 amide bonds. The van der Waals surface area contributed by atoms with E-state index in [1.54, 1.807) is 13.2 Å². The molecule has 3 nitrogen and oxygen atoms in total. The van der Waals surface area contributed by atoms with Crippen molar-refractivity contribution >= 4 is 17.5 Å². The van der Waals surface area contributed by atoms with E-state index in [2.05, 4.69) is 6.07 Å². The van der Waals surface area contributed by atoms with Gasteiger partial charge in [0.1, 0.15) is 5.75 Å². The summed E-state index contributed by atoms with van der Waals surface area (Å²) in [5.74, 6) is 0.369. The fraction of sp³-hybridized carbons (Fsp3) is 0.0952. The number of rotatable bonds is 5. The minimum atomic E-state index is -0.420. The standard InChI is InChI=1S/C21H18ClNO2/c1-25-20-9-8-15(10-14-4-2-6-17(11-14)21(23)24)12-19(20)16-5-3-7-18(22)13-16/h2-9,11-13H,10H2,1H3,(H2,23,24). The number of carbonyl (C=O) groups is 1. The minimum Gasteiger partial charge on any atom is -0.496 e. The Morgan fingerprint density at radius 3 is 2.48 bits per heavy atom. The van der Waals surface area contributed by atoms with Gasteiger partial charge in [-0.25, -0.2) is 0 Å². The second-order valence-electron chi connectivity index (χ2n) is 5.79. The Morgan fingerprint density at radius 2 is 1.76 bits per heavy atom. The zero-order valence-corrected chi connectivity index (χ0v) is 14.6. The summed E-state index contributed by atoms with van der Waals surface area (Å²) in [7, 11) is 1.65. The Hall–Kier alpha value is -2.78. The molecule has 2 N–H and O–H groups in total. The van der Waals surface area contributed by atoms with Crippen molar-refractivity contribution in [2.75, 3.05) is 7.11 Å². The maximum Gasteiger partial charge on any atom is 0.248 e. The number of primary amides is 1. The smallest absolute Gasteiger partial charge is 0.248 e. The van der Waals surface area contributed by atoms with Crippen LogP contribution >= 0.6 is 11.6 Å². The molecule has 0 atom stereocenters. The van der Waals surface area contributed by atoms with Gasteiger partial charge < -0.3 is 10.5 Å². The number of nitrogens with two attached hydrogens (primary N) is 1. The molecule has 3 aromatic carbocycles. The van der Waals surface area contributed by atoms with Crippen LogP contribution in [0.4, 0.5) is 0 Å². The normalized spacial score (nSPS) is 10.5. The van der Waals surface area contributed by atoms with Gasteiger partial charge in [0.2, 0.25) is 5.91 Å². The minimum absolute atomic E-state index is 0.420. The van der Waals surface area contributed by atoms with Crippen LogP contribution in [0.3, 0.4) is 0 Å². The predicted molar refractivity (Wildman–Crippen MR) is 101 cm³/mol. The van der Waals surface area contributed by atoms with Crippen LogP contribution in [0.1, 0.15) is 21.5 Å². The highest BCUT2D eigenvalue weighted by Crippen LogP contribution is 2.32. The first kappa shape index (κ1) is 17.1. The molecule has 0 heterocycles. The molecule has 0 bridgehead atoms. The summed E-state index contributed by atoms with van der Waals surface area (Å²) in [6.07, 6.45) is 0.693. The number of halogens is 1. The molecule has 0 aliphatic heterocycles. The average molecular weight is 352 g/mol. The molecule has 0 aliphatic carbocycles. The lowest BCUT2D eigenvalue weighted by Crippen LogP contribution is -2.11. The van der Waals surface area contributed by atoms with E-state index in [1.165, 1.54) is 0 Å². The van der Waals surface area contributed by atoms with Gasteiger partial charge in [0.05, 0.1) is 7.11 Å². The van der Waals surface area contributed by atoms with E-state index in [9.17, 15) is 4.79 Å². The number of hydrogen-bond donors (Lipinski definition) is 1. The summed E-state index contributed by atoms with van der Waals surface area (Å²) < 4.78 is 5.49. The summed E-state index contributed by atoms with van der Waals surface area (Å²) in [6.45, 7) is 0. The van der Waals surface area contributed by atoms with Gasteiger partial charge in [0.25, 0.3) is 0 Å². The summed E-state index contributed by atoms with van der Waals surface area (Å²) in [4.78, 5) is 11.4. The fourth-order valence-electron chi connectivity index (χ4n) is 2.82. The van der Waals surface area contributed by atoms with Gasteiger partial charge in [-0.15, -0.1) is 0 Å². The maximum absolute atomic E-state index is 11.4. The quantitative estimate of drug-likeness (QED) is 0.724. The molecule has 3 aromatic rings. The summed E-state index contributed by atoms with van der Waals surface area (Å²) in [5.41, 5.74) is 9.99. The van der Waals surface area contributed by atoms with E-state index in [4.69, 9.17) is 22.1 Å². The largest absolute Gasteiger partial charge is 0.496 e. The van der Waals surface area contributed by atoms with Crippen LogP contribution in [-0.2, 0) is 6.42 Å². The van der Waals surface area contributed by atoms with Gasteiger partial charge in [0.15, 0.2) is 0 Å². The number of hydrogen-bond acceptors (Lipinski definition) is 2. The maximum atomic E-state index is 11.4. The van der Waals surface area contributed by atoms with Crippen LogP contribution in [0.5, 0.6) is 5.75 Å². The highest BCUT2D eigenvalue weighted by atomic mass is 35.5. The van der Waals surface area contributed by atoms with Gasteiger partial charge in [0, 0.05) is 16.1 Å². The molecular weight excluding hydrogens is 334 g/mol. The van der Waals surface area contributed by atoms with Crippen molar-refractivity contribution < 1.29 is 9.53 Å². The lowest BCUT2D eigenvalue weighted by Gasteiger charge is -2.12. The SMILES string of the molecule is COc1ccc(Cc2cccc(C(N)=O)c2)cc1-c1cccc(Cl)c1. The van der Waals surface area contributed by atoms with Gasteiger partial charge >= 0.3 is 0 Å². The fourth-order valence-corrected chi connectivity index (χ4v) is 3.01. The van der Waals surface area contributed by atoms with E-state index in [-0.39, 0.29) is 0 Å². The number of amides is 1. The second-order valence-corrected chi connectivity index (χ2v) is 6.22. The van der Waals surface area contributed by atoms with E-state index in [0.29, 0.717) is 17.0 Å². The molecule has 0 unspecified atom stereocenters. The van der Waals surface area contributed by atoms with Crippen molar-refractivity contribution in [3.05, 3.63) is 88.4 Å². The van der Waals surface area contributed by atoms with Crippen LogP contribution < -0.4 is 10.5 Å². The van der Waals surface area contributed by atoms with E-state index in [1.807, 2.05) is 54.6 Å². The van der Waals surface area contributed by atoms with Crippen LogP contribution in [-0.4, -0.2) is 13.0 Å². The first-order chi connectivity index (χ1) is 12.1. The lowest BCUT2D eigenvalue weighted by atomic mass is 9.97. The number of methoxy groups -OCH3 is 1. The van der Waals surface area contributed by atoms with Crippen molar-refractivity contribution in [2.24, 2.45) is 5.73 Å². The molecule has 25 heavy (non-hydrogen) atoms. The Kier molecular flexibility index (Phi) is 5.05. The summed E-state index contributed by atoms with van der Waals surface area (Å²) >= 11 is 6.12. The van der Waals surface area contributed by atoms with Crippen molar-refractivity contribution in [3.8, 4) is 16.9 Å². The first-order valence-electron chi connectivity index (χ1n) is 7.88. The number of ether oxygens (including phenoxy) is 1. The highest BCUT2D eigenvalue weighted by molar-refractivity contribution is 6.30. The topological polar surface area (TPSA) is 52.3 Å². The van der Waals surface area contributed by atoms with Crippen LogP contribution in [0.2, 0.25) is 5.02 Å². The zero-order chi connectivity index (χ0) is 17.8. The lowest BCUT2D eigenvalue weighted by molar-refractivity contribution is 0.1000. The van der Waals surface area contributed by atoms with E-state index >= 15 is 0 Å². The zero-order valence-electron chi connectivity index (χ0n) is 13.8. The second kappa shape index (κ2) is 7.41. The van der Waals surface area contributed by atoms with Gasteiger partial charge in [-0.3, -0.25) is 4.79 Å². The highest BCUT2D eigenvalue weighted by Gasteiger charge is 2.09. The Labute approximate surface area is 152 Å². The Morgan fingerprint density at radius 1 is 1.00 bits per heavy atom. The van der Waals surface area contributed by atoms with E-state index < -0.39 is 5.91 Å². The van der Waals surface area contributed by atoms with E-state index in [0.717, 1.165) is 28.0 Å². The predicted octanol–water partition coefficient (Wildman–Crippen LogP) is 4.71. The molecule has 0 spiro atoms. The third-order valence-electron chi connectivity index (χ3n) is 4.02. The third-order valence-corrected chi connectivity index (χ3v) is 4.25. The van der Waals surface area contributed by atoms with Crippen LogP contribution in [0.15, 0.2) is 66.7 Å². The third kappa shape index (κ3) is 4.01. The molecule has 0 radical (unpaired) electrons. The molecule has 4 heteroatoms. The Bertz CT molecular complexity index is 921. The molecule has 0 aliphatic rings. The van der Waals surface area contributed by atoms with Gasteiger partial charge in [-0.05, 0) is 59.5 Å². The average Bonchev–Trinajstić information content (AvgIpc) is 2.62. The number of carbonyl (C=O) groups excluding carboxylic acids is 1. The van der Waals surface area contributed by atoms with Crippen molar-refractivity contribution in [3.63, 3.8) is 0 Å². The molecule has 0 aromatic heterocycles. The monoisotopic (exact) mass is 351 g/mol. The summed E-state index contributed by atoms with van der Waals surface area (Å²) in [5, 5.41) is 0.680. The van der Waals surface area contributed by atoms with Gasteiger partial charge in [-0.1, -0.05) is 41.9 Å². The van der Waals surface area contributed by atoms with Gasteiger partial charge in [-0.2, -0.15) is 0 Å².